The molecule has 1 heterocycles. The molecule has 7 heteroatoms. The van der Waals surface area contributed by atoms with Crippen molar-refractivity contribution in [3.05, 3.63) is 101 Å². The third kappa shape index (κ3) is 4.66. The van der Waals surface area contributed by atoms with Gasteiger partial charge in [0, 0.05) is 22.2 Å². The molecular formula is C25H23ClN4O2. The van der Waals surface area contributed by atoms with Crippen LogP contribution in [0.25, 0.3) is 16.9 Å². The Morgan fingerprint density at radius 2 is 1.75 bits per heavy atom. The predicted octanol–water partition coefficient (Wildman–Crippen LogP) is 4.63. The average molecular weight is 447 g/mol. The zero-order chi connectivity index (χ0) is 22.7. The zero-order valence-corrected chi connectivity index (χ0v) is 18.2. The van der Waals surface area contributed by atoms with E-state index in [1.54, 1.807) is 48.0 Å². The summed E-state index contributed by atoms with van der Waals surface area (Å²) >= 11 is 6.08. The maximum atomic E-state index is 12.6. The van der Waals surface area contributed by atoms with Crippen LogP contribution in [-0.4, -0.2) is 26.8 Å². The first-order chi connectivity index (χ1) is 15.4. The molecule has 3 aromatic carbocycles. The third-order valence-electron chi connectivity index (χ3n) is 5.20. The van der Waals surface area contributed by atoms with Crippen LogP contribution in [0.3, 0.4) is 0 Å². The number of nitrogens with zero attached hydrogens (tertiary/aromatic N) is 2. The third-order valence-corrected chi connectivity index (χ3v) is 5.44. The molecule has 0 aliphatic carbocycles. The highest BCUT2D eigenvalue weighted by Crippen LogP contribution is 2.25. The fourth-order valence-corrected chi connectivity index (χ4v) is 3.64. The van der Waals surface area contributed by atoms with Crippen molar-refractivity contribution in [3.8, 4) is 16.9 Å². The summed E-state index contributed by atoms with van der Waals surface area (Å²) in [5.74, 6) is 0.198. The van der Waals surface area contributed by atoms with E-state index in [1.165, 1.54) is 0 Å². The Morgan fingerprint density at radius 1 is 1.03 bits per heavy atom. The maximum Gasteiger partial charge on any atom is 0.251 e. The molecule has 2 atom stereocenters. The van der Waals surface area contributed by atoms with Crippen molar-refractivity contribution in [1.29, 1.82) is 0 Å². The molecule has 6 nitrogen and oxygen atoms in total. The molecule has 32 heavy (non-hydrogen) atoms. The molecule has 0 aliphatic rings. The average Bonchev–Trinajstić information content (AvgIpc) is 3.21. The van der Waals surface area contributed by atoms with Gasteiger partial charge in [0.25, 0.3) is 5.91 Å². The number of anilines is 1. The van der Waals surface area contributed by atoms with Crippen molar-refractivity contribution in [2.75, 3.05) is 5.73 Å². The Balaban J connectivity index is 1.48. The topological polar surface area (TPSA) is 93.2 Å². The Kier molecular flexibility index (Phi) is 6.25. The minimum Gasteiger partial charge on any atom is -0.386 e. The number of aromatic nitrogens is 2. The Morgan fingerprint density at radius 3 is 2.44 bits per heavy atom. The molecule has 162 valence electrons. The summed E-state index contributed by atoms with van der Waals surface area (Å²) in [6, 6.07) is 24.9. The van der Waals surface area contributed by atoms with Gasteiger partial charge in [-0.2, -0.15) is 5.10 Å². The van der Waals surface area contributed by atoms with Crippen LogP contribution in [-0.2, 0) is 0 Å². The molecule has 0 aliphatic heterocycles. The summed E-state index contributed by atoms with van der Waals surface area (Å²) in [5, 5.41) is 18.5. The molecule has 0 unspecified atom stereocenters. The lowest BCUT2D eigenvalue weighted by molar-refractivity contribution is 0.0852. The number of nitrogens with two attached hydrogens (primary N) is 1. The Labute approximate surface area is 191 Å². The molecule has 0 spiro atoms. The van der Waals surface area contributed by atoms with E-state index in [2.05, 4.69) is 10.4 Å². The lowest BCUT2D eigenvalue weighted by Gasteiger charge is -2.20. The molecule has 4 N–H and O–H groups in total. The van der Waals surface area contributed by atoms with Gasteiger partial charge in [0.1, 0.15) is 5.82 Å². The van der Waals surface area contributed by atoms with Gasteiger partial charge in [-0.05, 0) is 48.9 Å². The van der Waals surface area contributed by atoms with Crippen LogP contribution >= 0.6 is 11.6 Å². The number of nitrogens with one attached hydrogen (secondary N) is 1. The van der Waals surface area contributed by atoms with Crippen LogP contribution in [0.2, 0.25) is 5.02 Å². The highest BCUT2D eigenvalue weighted by atomic mass is 35.5. The number of hydrogen-bond acceptors (Lipinski definition) is 4. The second kappa shape index (κ2) is 9.26. The van der Waals surface area contributed by atoms with Crippen molar-refractivity contribution in [2.24, 2.45) is 0 Å². The molecular weight excluding hydrogens is 424 g/mol. The van der Waals surface area contributed by atoms with E-state index in [9.17, 15) is 9.90 Å². The minimum absolute atomic E-state index is 0.271. The summed E-state index contributed by atoms with van der Waals surface area (Å²) in [5.41, 5.74) is 9.68. The fraction of sp³-hybridized carbons (Fsp3) is 0.120. The maximum absolute atomic E-state index is 12.6. The summed E-state index contributed by atoms with van der Waals surface area (Å²) < 4.78 is 1.61. The molecule has 4 aromatic rings. The van der Waals surface area contributed by atoms with Gasteiger partial charge in [-0.15, -0.1) is 0 Å². The lowest BCUT2D eigenvalue weighted by atomic mass is 10.0. The van der Waals surface area contributed by atoms with Crippen LogP contribution in [0.1, 0.15) is 28.9 Å². The first-order valence-electron chi connectivity index (χ1n) is 10.2. The minimum atomic E-state index is -0.798. The SMILES string of the molecule is C[C@H](NC(=O)c1ccc(-n2nc(-c3cccc(Cl)c3)cc2N)cc1)[C@H](O)c1ccccc1. The fourth-order valence-electron chi connectivity index (χ4n) is 3.45. The summed E-state index contributed by atoms with van der Waals surface area (Å²) in [4.78, 5) is 12.6. The highest BCUT2D eigenvalue weighted by molar-refractivity contribution is 6.30. The number of aliphatic hydroxyl groups excluding tert-OH is 1. The second-order valence-corrected chi connectivity index (χ2v) is 7.98. The summed E-state index contributed by atoms with van der Waals surface area (Å²) in [7, 11) is 0. The number of halogens is 1. The molecule has 0 saturated heterocycles. The largest absolute Gasteiger partial charge is 0.386 e. The summed E-state index contributed by atoms with van der Waals surface area (Å²) in [6.45, 7) is 1.77. The molecule has 0 radical (unpaired) electrons. The van der Waals surface area contributed by atoms with E-state index in [4.69, 9.17) is 17.3 Å². The first kappa shape index (κ1) is 21.6. The van der Waals surface area contributed by atoms with Gasteiger partial charge in [0.05, 0.1) is 23.5 Å². The van der Waals surface area contributed by atoms with Gasteiger partial charge in [-0.3, -0.25) is 4.79 Å². The van der Waals surface area contributed by atoms with E-state index >= 15 is 0 Å². The van der Waals surface area contributed by atoms with Gasteiger partial charge >= 0.3 is 0 Å². The number of benzene rings is 3. The van der Waals surface area contributed by atoms with Crippen LogP contribution in [0.5, 0.6) is 0 Å². The molecule has 4 rings (SSSR count). The molecule has 0 bridgehead atoms. The second-order valence-electron chi connectivity index (χ2n) is 7.54. The van der Waals surface area contributed by atoms with Gasteiger partial charge in [-0.1, -0.05) is 54.1 Å². The van der Waals surface area contributed by atoms with E-state index < -0.39 is 12.1 Å². The van der Waals surface area contributed by atoms with Gasteiger partial charge < -0.3 is 16.2 Å². The van der Waals surface area contributed by atoms with Gasteiger partial charge in [0.15, 0.2) is 0 Å². The molecule has 1 amide bonds. The van der Waals surface area contributed by atoms with E-state index in [1.807, 2.05) is 48.5 Å². The van der Waals surface area contributed by atoms with Crippen molar-refractivity contribution < 1.29 is 9.90 Å². The van der Waals surface area contributed by atoms with Gasteiger partial charge in [0.2, 0.25) is 0 Å². The van der Waals surface area contributed by atoms with Crippen LogP contribution < -0.4 is 11.1 Å². The van der Waals surface area contributed by atoms with Crippen LogP contribution in [0.4, 0.5) is 5.82 Å². The number of carbonyl (C=O) groups excluding carboxylic acids is 1. The number of hydrogen-bond donors (Lipinski definition) is 3. The van der Waals surface area contributed by atoms with Crippen molar-refractivity contribution in [3.63, 3.8) is 0 Å². The number of rotatable bonds is 6. The number of aliphatic hydroxyl groups is 1. The van der Waals surface area contributed by atoms with Crippen molar-refractivity contribution in [2.45, 2.75) is 19.1 Å². The van der Waals surface area contributed by atoms with E-state index in [-0.39, 0.29) is 5.91 Å². The lowest BCUT2D eigenvalue weighted by Crippen LogP contribution is -2.37. The predicted molar refractivity (Wildman–Crippen MR) is 127 cm³/mol. The van der Waals surface area contributed by atoms with Gasteiger partial charge in [-0.25, -0.2) is 4.68 Å². The highest BCUT2D eigenvalue weighted by Gasteiger charge is 2.19. The molecule has 0 fully saturated rings. The first-order valence-corrected chi connectivity index (χ1v) is 10.6. The quantitative estimate of drug-likeness (QED) is 0.402. The van der Waals surface area contributed by atoms with E-state index in [0.717, 1.165) is 16.8 Å². The van der Waals surface area contributed by atoms with E-state index in [0.29, 0.717) is 22.1 Å². The van der Waals surface area contributed by atoms with Crippen LogP contribution in [0, 0.1) is 0 Å². The zero-order valence-electron chi connectivity index (χ0n) is 17.4. The number of nitrogen functional groups attached to an aromatic ring is 1. The molecule has 0 saturated carbocycles. The smallest absolute Gasteiger partial charge is 0.251 e. The number of amides is 1. The van der Waals surface area contributed by atoms with Crippen molar-refractivity contribution >= 4 is 23.3 Å². The summed E-state index contributed by atoms with van der Waals surface area (Å²) in [6.07, 6.45) is -0.798. The normalized spacial score (nSPS) is 12.8. The standard InChI is InChI=1S/C25H23ClN4O2/c1-16(24(31)17-6-3-2-4-7-17)28-25(32)18-10-12-21(13-11-18)30-23(27)15-22(29-30)19-8-5-9-20(26)14-19/h2-16,24,31H,27H2,1H3,(H,28,32)/t16-,24-/m0/s1. The molecule has 1 aromatic heterocycles. The number of carbonyl (C=O) groups is 1. The van der Waals surface area contributed by atoms with Crippen molar-refractivity contribution in [1.82, 2.24) is 15.1 Å². The Bertz CT molecular complexity index is 1220. The Hall–Kier alpha value is -3.61. The monoisotopic (exact) mass is 446 g/mol. The van der Waals surface area contributed by atoms with Crippen LogP contribution in [0.15, 0.2) is 84.9 Å².